The molecule has 0 aromatic rings. The topological polar surface area (TPSA) is 46.3 Å². The Morgan fingerprint density at radius 1 is 1.32 bits per heavy atom. The lowest BCUT2D eigenvalue weighted by molar-refractivity contribution is -0.132. The Kier molecular flexibility index (Phi) is 4.54. The van der Waals surface area contributed by atoms with Crippen LogP contribution in [0.1, 0.15) is 52.9 Å². The number of amides is 1. The van der Waals surface area contributed by atoms with E-state index in [1.165, 1.54) is 19.3 Å². The largest absolute Gasteiger partial charge is 0.342 e. The van der Waals surface area contributed by atoms with Gasteiger partial charge in [-0.3, -0.25) is 4.79 Å². The lowest BCUT2D eigenvalue weighted by atomic mass is 9.67. The fraction of sp³-hybridized carbons (Fsp3) is 0.938. The van der Waals surface area contributed by atoms with Gasteiger partial charge in [0.25, 0.3) is 0 Å². The van der Waals surface area contributed by atoms with E-state index >= 15 is 0 Å². The first-order valence-electron chi connectivity index (χ1n) is 7.87. The van der Waals surface area contributed by atoms with Crippen LogP contribution in [0.15, 0.2) is 0 Å². The fourth-order valence-corrected chi connectivity index (χ4v) is 4.33. The number of nitrogens with zero attached hydrogens (tertiary/aromatic N) is 1. The maximum atomic E-state index is 12.4. The van der Waals surface area contributed by atoms with Gasteiger partial charge in [0.2, 0.25) is 5.91 Å². The first kappa shape index (κ1) is 14.8. The first-order chi connectivity index (χ1) is 8.89. The van der Waals surface area contributed by atoms with Crippen LogP contribution in [0.2, 0.25) is 0 Å². The lowest BCUT2D eigenvalue weighted by Gasteiger charge is -2.39. The Hall–Kier alpha value is -0.570. The minimum atomic E-state index is 0.367. The number of hydrogen-bond donors (Lipinski definition) is 1. The van der Waals surface area contributed by atoms with Gasteiger partial charge in [0.15, 0.2) is 0 Å². The van der Waals surface area contributed by atoms with Crippen LogP contribution in [0, 0.1) is 23.2 Å². The third-order valence-electron chi connectivity index (χ3n) is 4.91. The third kappa shape index (κ3) is 3.95. The van der Waals surface area contributed by atoms with Gasteiger partial charge >= 0.3 is 0 Å². The van der Waals surface area contributed by atoms with E-state index < -0.39 is 0 Å². The molecule has 2 fully saturated rings. The van der Waals surface area contributed by atoms with E-state index in [4.69, 9.17) is 5.73 Å². The van der Waals surface area contributed by atoms with Crippen molar-refractivity contribution in [2.45, 2.75) is 52.9 Å². The average molecular weight is 266 g/mol. The highest BCUT2D eigenvalue weighted by Crippen LogP contribution is 2.43. The standard InChI is InChI=1S/C16H30N2O/c1-12-6-14(9-16(2,3)8-12)7-15(19)18-5-4-13(10-17)11-18/h12-14H,4-11,17H2,1-3H3. The minimum absolute atomic E-state index is 0.367. The third-order valence-corrected chi connectivity index (χ3v) is 4.91. The monoisotopic (exact) mass is 266 g/mol. The van der Waals surface area contributed by atoms with Crippen molar-refractivity contribution < 1.29 is 4.79 Å². The Morgan fingerprint density at radius 2 is 2.05 bits per heavy atom. The van der Waals surface area contributed by atoms with E-state index in [-0.39, 0.29) is 0 Å². The molecule has 0 bridgehead atoms. The van der Waals surface area contributed by atoms with E-state index in [1.54, 1.807) is 0 Å². The first-order valence-corrected chi connectivity index (χ1v) is 7.87. The average Bonchev–Trinajstić information content (AvgIpc) is 2.74. The minimum Gasteiger partial charge on any atom is -0.342 e. The van der Waals surface area contributed by atoms with Crippen LogP contribution < -0.4 is 5.73 Å². The van der Waals surface area contributed by atoms with Crippen LogP contribution in [0.4, 0.5) is 0 Å². The van der Waals surface area contributed by atoms with E-state index in [2.05, 4.69) is 20.8 Å². The van der Waals surface area contributed by atoms with Gasteiger partial charge in [0.1, 0.15) is 0 Å². The zero-order valence-corrected chi connectivity index (χ0v) is 12.8. The summed E-state index contributed by atoms with van der Waals surface area (Å²) in [7, 11) is 0. The normalized spacial score (nSPS) is 34.5. The van der Waals surface area contributed by atoms with Crippen molar-refractivity contribution in [2.75, 3.05) is 19.6 Å². The predicted octanol–water partition coefficient (Wildman–Crippen LogP) is 2.65. The van der Waals surface area contributed by atoms with Crippen molar-refractivity contribution in [3.05, 3.63) is 0 Å². The van der Waals surface area contributed by atoms with Gasteiger partial charge in [-0.15, -0.1) is 0 Å². The van der Waals surface area contributed by atoms with Crippen LogP contribution >= 0.6 is 0 Å². The zero-order chi connectivity index (χ0) is 14.0. The van der Waals surface area contributed by atoms with Crippen molar-refractivity contribution >= 4 is 5.91 Å². The summed E-state index contributed by atoms with van der Waals surface area (Å²) in [6, 6.07) is 0. The molecule has 3 heteroatoms. The van der Waals surface area contributed by atoms with Gasteiger partial charge in [-0.1, -0.05) is 20.8 Å². The molecule has 19 heavy (non-hydrogen) atoms. The molecule has 110 valence electrons. The van der Waals surface area contributed by atoms with Gasteiger partial charge in [-0.25, -0.2) is 0 Å². The molecule has 1 aliphatic heterocycles. The Morgan fingerprint density at radius 3 is 2.63 bits per heavy atom. The predicted molar refractivity (Wildman–Crippen MR) is 78.6 cm³/mol. The number of rotatable bonds is 3. The number of likely N-dealkylation sites (tertiary alicyclic amines) is 1. The Labute approximate surface area is 117 Å². The molecule has 1 saturated heterocycles. The molecule has 0 aromatic heterocycles. The molecular formula is C16H30N2O. The number of hydrogen-bond acceptors (Lipinski definition) is 2. The van der Waals surface area contributed by atoms with Crippen LogP contribution in [0.3, 0.4) is 0 Å². The molecule has 1 amide bonds. The molecule has 0 spiro atoms. The van der Waals surface area contributed by atoms with Crippen molar-refractivity contribution in [1.82, 2.24) is 4.90 Å². The van der Waals surface area contributed by atoms with Crippen LogP contribution in [-0.4, -0.2) is 30.4 Å². The fourth-order valence-electron chi connectivity index (χ4n) is 4.33. The molecule has 1 aliphatic carbocycles. The summed E-state index contributed by atoms with van der Waals surface area (Å²) < 4.78 is 0. The summed E-state index contributed by atoms with van der Waals surface area (Å²) in [5, 5.41) is 0. The number of carbonyl (C=O) groups excluding carboxylic acids is 1. The summed E-state index contributed by atoms with van der Waals surface area (Å²) in [6.45, 7) is 9.56. The highest BCUT2D eigenvalue weighted by Gasteiger charge is 2.34. The maximum absolute atomic E-state index is 12.4. The second-order valence-corrected chi connectivity index (χ2v) is 7.71. The molecule has 1 heterocycles. The second-order valence-electron chi connectivity index (χ2n) is 7.71. The van der Waals surface area contributed by atoms with E-state index in [0.717, 1.165) is 38.4 Å². The lowest BCUT2D eigenvalue weighted by Crippen LogP contribution is -2.34. The SMILES string of the molecule is CC1CC(CC(=O)N2CCC(CN)C2)CC(C)(C)C1. The Balaban J connectivity index is 1.85. The Bertz CT molecular complexity index is 327. The summed E-state index contributed by atoms with van der Waals surface area (Å²) in [5.41, 5.74) is 6.11. The van der Waals surface area contributed by atoms with Crippen LogP contribution in [0.5, 0.6) is 0 Å². The second kappa shape index (κ2) is 5.82. The van der Waals surface area contributed by atoms with Crippen LogP contribution in [0.25, 0.3) is 0 Å². The highest BCUT2D eigenvalue weighted by atomic mass is 16.2. The molecule has 0 radical (unpaired) electrons. The van der Waals surface area contributed by atoms with E-state index in [1.807, 2.05) is 4.90 Å². The van der Waals surface area contributed by atoms with Crippen molar-refractivity contribution in [1.29, 1.82) is 0 Å². The molecule has 2 aliphatic rings. The maximum Gasteiger partial charge on any atom is 0.222 e. The van der Waals surface area contributed by atoms with E-state index in [0.29, 0.717) is 23.2 Å². The van der Waals surface area contributed by atoms with Gasteiger partial charge in [0, 0.05) is 19.5 Å². The van der Waals surface area contributed by atoms with Crippen molar-refractivity contribution in [3.63, 3.8) is 0 Å². The summed E-state index contributed by atoms with van der Waals surface area (Å²) in [4.78, 5) is 14.4. The molecule has 2 rings (SSSR count). The van der Waals surface area contributed by atoms with Crippen molar-refractivity contribution in [3.8, 4) is 0 Å². The number of nitrogens with two attached hydrogens (primary N) is 1. The number of carbonyl (C=O) groups is 1. The molecule has 3 nitrogen and oxygen atoms in total. The molecular weight excluding hydrogens is 236 g/mol. The molecule has 2 N–H and O–H groups in total. The quantitative estimate of drug-likeness (QED) is 0.853. The summed E-state index contributed by atoms with van der Waals surface area (Å²) in [6.07, 6.45) is 5.58. The van der Waals surface area contributed by atoms with Crippen molar-refractivity contribution in [2.24, 2.45) is 28.9 Å². The summed E-state index contributed by atoms with van der Waals surface area (Å²) in [5.74, 6) is 2.25. The van der Waals surface area contributed by atoms with Gasteiger partial charge < -0.3 is 10.6 Å². The zero-order valence-electron chi connectivity index (χ0n) is 12.8. The van der Waals surface area contributed by atoms with Gasteiger partial charge in [-0.05, 0) is 55.4 Å². The summed E-state index contributed by atoms with van der Waals surface area (Å²) >= 11 is 0. The van der Waals surface area contributed by atoms with Crippen LogP contribution in [-0.2, 0) is 4.79 Å². The van der Waals surface area contributed by atoms with E-state index in [9.17, 15) is 4.79 Å². The molecule has 0 aromatic carbocycles. The highest BCUT2D eigenvalue weighted by molar-refractivity contribution is 5.76. The molecule has 3 unspecified atom stereocenters. The molecule has 1 saturated carbocycles. The van der Waals surface area contributed by atoms with Gasteiger partial charge in [-0.2, -0.15) is 0 Å². The molecule has 3 atom stereocenters. The van der Waals surface area contributed by atoms with Gasteiger partial charge in [0.05, 0.1) is 0 Å². The smallest absolute Gasteiger partial charge is 0.222 e.